The van der Waals surface area contributed by atoms with Crippen LogP contribution in [0.2, 0.25) is 0 Å². The van der Waals surface area contributed by atoms with E-state index in [0.29, 0.717) is 29.0 Å². The molecule has 4 heterocycles. The first-order valence-corrected chi connectivity index (χ1v) is 18.1. The summed E-state index contributed by atoms with van der Waals surface area (Å²) in [5.74, 6) is -1.08. The zero-order valence-corrected chi connectivity index (χ0v) is 28.4. The van der Waals surface area contributed by atoms with Crippen LogP contribution in [-0.2, 0) is 24.0 Å². The van der Waals surface area contributed by atoms with Crippen molar-refractivity contribution in [1.29, 1.82) is 0 Å². The molecule has 15 nitrogen and oxygen atoms in total. The van der Waals surface area contributed by atoms with Crippen molar-refractivity contribution in [2.24, 2.45) is 11.1 Å². The van der Waals surface area contributed by atoms with Crippen molar-refractivity contribution in [2.45, 2.75) is 47.7 Å². The molecule has 0 spiro atoms. The maximum Gasteiger partial charge on any atom is 0.356 e. The summed E-state index contributed by atoms with van der Waals surface area (Å²) in [5.41, 5.74) is 7.91. The zero-order chi connectivity index (χ0) is 33.9. The van der Waals surface area contributed by atoms with Crippen LogP contribution >= 0.6 is 35.1 Å². The van der Waals surface area contributed by atoms with Gasteiger partial charge in [-0.1, -0.05) is 77.6 Å². The lowest BCUT2D eigenvalue weighted by Gasteiger charge is -2.50. The molecule has 0 bridgehead atoms. The highest BCUT2D eigenvalue weighted by Crippen LogP contribution is 2.44. The number of aromatic amines is 1. The third kappa shape index (κ3) is 7.16. The molecule has 2 fully saturated rings. The Morgan fingerprint density at radius 3 is 2.47 bits per heavy atom. The van der Waals surface area contributed by atoms with E-state index in [2.05, 4.69) is 40.5 Å². The van der Waals surface area contributed by atoms with Crippen LogP contribution in [0.25, 0.3) is 0 Å². The van der Waals surface area contributed by atoms with E-state index >= 15 is 0 Å². The van der Waals surface area contributed by atoms with Crippen molar-refractivity contribution in [3.05, 3.63) is 88.9 Å². The standard InChI is InChI=1S/C31H30N10O5S3/c1-16(48-31-35-39-40-36-31)20-15-47-28-22(33-26(42)21(25-34-30(32)49-38-25)37-45-14-17-12-13-17)27(43)41(28)23(20)29(44)46-24(18-8-4-2-5-9-18)19-10-6-3-7-11-19/h2-11,16-17,22,24,28H,12-15H2,1H3,(H,33,42)(H2,32,34,38)(H,35,36,39,40)/b37-21-/t16?,22-,28-/m1/s1. The first-order chi connectivity index (χ1) is 23.9. The van der Waals surface area contributed by atoms with E-state index in [1.807, 2.05) is 67.6 Å². The topological polar surface area (TPSA) is 204 Å². The fraction of sp³-hybridized carbons (Fsp3) is 0.323. The van der Waals surface area contributed by atoms with E-state index in [0.717, 1.165) is 35.5 Å². The summed E-state index contributed by atoms with van der Waals surface area (Å²) in [6, 6.07) is 17.8. The van der Waals surface area contributed by atoms with Crippen LogP contribution in [0.15, 0.2) is 82.2 Å². The molecule has 0 radical (unpaired) electrons. The minimum atomic E-state index is -0.967. The number of carbonyl (C=O) groups excluding carboxylic acids is 3. The van der Waals surface area contributed by atoms with Gasteiger partial charge in [-0.05, 0) is 47.6 Å². The highest BCUT2D eigenvalue weighted by atomic mass is 32.2. The van der Waals surface area contributed by atoms with Crippen LogP contribution in [0.1, 0.15) is 42.8 Å². The lowest BCUT2D eigenvalue weighted by Crippen LogP contribution is -2.71. The van der Waals surface area contributed by atoms with E-state index in [9.17, 15) is 14.4 Å². The molecule has 3 aliphatic rings. The van der Waals surface area contributed by atoms with Crippen molar-refractivity contribution in [3.8, 4) is 0 Å². The van der Waals surface area contributed by atoms with E-state index in [-0.39, 0.29) is 27.6 Å². The second-order valence-corrected chi connectivity index (χ2v) is 14.6. The number of nitrogens with two attached hydrogens (primary N) is 1. The van der Waals surface area contributed by atoms with Crippen LogP contribution in [-0.4, -0.2) is 87.4 Å². The highest BCUT2D eigenvalue weighted by molar-refractivity contribution is 8.01. The lowest BCUT2D eigenvalue weighted by molar-refractivity contribution is -0.154. The van der Waals surface area contributed by atoms with Crippen LogP contribution in [0.4, 0.5) is 5.13 Å². The number of H-pyrrole nitrogens is 1. The summed E-state index contributed by atoms with van der Waals surface area (Å²) >= 11 is 3.62. The highest BCUT2D eigenvalue weighted by Gasteiger charge is 2.55. The molecule has 18 heteroatoms. The molecule has 1 saturated heterocycles. The SMILES string of the molecule is CC(Sc1nn[nH]n1)C1=C(C(=O)OC(c2ccccc2)c2ccccc2)N2C(=O)[C@@H](NC(=O)/C(=N\OCC3CC3)c3nsc(N)n3)[C@H]2SC1. The normalized spacial score (nSPS) is 19.7. The number of hydrogen-bond donors (Lipinski definition) is 3. The molecule has 7 rings (SSSR count). The number of nitrogens with one attached hydrogen (secondary N) is 2. The Hall–Kier alpha value is -4.81. The second-order valence-electron chi connectivity index (χ2n) is 11.4. The smallest absolute Gasteiger partial charge is 0.356 e. The number of tetrazole rings is 1. The Labute approximate surface area is 292 Å². The molecule has 2 aromatic heterocycles. The average Bonchev–Trinajstić information content (AvgIpc) is 3.62. The number of anilines is 1. The van der Waals surface area contributed by atoms with E-state index in [4.69, 9.17) is 15.3 Å². The minimum Gasteiger partial charge on any atom is -0.448 e. The van der Waals surface area contributed by atoms with E-state index < -0.39 is 35.3 Å². The first-order valence-electron chi connectivity index (χ1n) is 15.4. The van der Waals surface area contributed by atoms with Gasteiger partial charge >= 0.3 is 5.97 Å². The first kappa shape index (κ1) is 32.7. The number of thioether (sulfide) groups is 2. The van der Waals surface area contributed by atoms with Gasteiger partial charge in [0.25, 0.3) is 11.8 Å². The Balaban J connectivity index is 1.16. The van der Waals surface area contributed by atoms with Gasteiger partial charge in [0.1, 0.15) is 23.7 Å². The molecule has 252 valence electrons. The summed E-state index contributed by atoms with van der Waals surface area (Å²) < 4.78 is 10.4. The van der Waals surface area contributed by atoms with Crippen LogP contribution in [0, 0.1) is 5.92 Å². The van der Waals surface area contributed by atoms with Crippen molar-refractivity contribution in [2.75, 3.05) is 18.1 Å². The van der Waals surface area contributed by atoms with E-state index in [1.165, 1.54) is 28.4 Å². The van der Waals surface area contributed by atoms with Crippen molar-refractivity contribution < 1.29 is 24.0 Å². The fourth-order valence-electron chi connectivity index (χ4n) is 5.34. The van der Waals surface area contributed by atoms with Gasteiger partial charge in [0.05, 0.1) is 0 Å². The number of ether oxygens (including phenoxy) is 1. The van der Waals surface area contributed by atoms with Crippen molar-refractivity contribution in [1.82, 2.24) is 40.2 Å². The Kier molecular flexibility index (Phi) is 9.58. The summed E-state index contributed by atoms with van der Waals surface area (Å²) in [7, 11) is 0. The van der Waals surface area contributed by atoms with Gasteiger partial charge in [-0.25, -0.2) is 4.79 Å². The van der Waals surface area contributed by atoms with Gasteiger partial charge in [0.15, 0.2) is 11.2 Å². The summed E-state index contributed by atoms with van der Waals surface area (Å²) in [6.45, 7) is 2.26. The maximum atomic E-state index is 14.3. The fourth-order valence-corrected chi connectivity index (χ4v) is 8.19. The number of oxime groups is 1. The molecule has 49 heavy (non-hydrogen) atoms. The number of fused-ring (bicyclic) bond motifs is 1. The largest absolute Gasteiger partial charge is 0.448 e. The molecule has 1 aliphatic carbocycles. The lowest BCUT2D eigenvalue weighted by atomic mass is 10.00. The molecule has 1 saturated carbocycles. The third-order valence-corrected chi connectivity index (χ3v) is 10.9. The van der Waals surface area contributed by atoms with Crippen molar-refractivity contribution in [3.63, 3.8) is 0 Å². The molecule has 4 aromatic rings. The molecule has 2 amide bonds. The predicted molar refractivity (Wildman–Crippen MR) is 182 cm³/mol. The Bertz CT molecular complexity index is 1850. The maximum absolute atomic E-state index is 14.3. The van der Waals surface area contributed by atoms with Gasteiger partial charge in [0, 0.05) is 22.5 Å². The third-order valence-electron chi connectivity index (χ3n) is 8.04. The second kappa shape index (κ2) is 14.4. The van der Waals surface area contributed by atoms with E-state index in [1.54, 1.807) is 0 Å². The molecule has 2 aliphatic heterocycles. The number of nitrogens with zero attached hydrogens (tertiary/aromatic N) is 7. The van der Waals surface area contributed by atoms with Crippen LogP contribution in [0.5, 0.6) is 0 Å². The monoisotopic (exact) mass is 718 g/mol. The zero-order valence-electron chi connectivity index (χ0n) is 26.0. The number of nitrogen functional groups attached to an aromatic ring is 1. The van der Waals surface area contributed by atoms with Gasteiger partial charge < -0.3 is 20.6 Å². The van der Waals surface area contributed by atoms with Crippen LogP contribution in [0.3, 0.4) is 0 Å². The Morgan fingerprint density at radius 1 is 1.14 bits per heavy atom. The van der Waals surface area contributed by atoms with Crippen LogP contribution < -0.4 is 11.1 Å². The van der Waals surface area contributed by atoms with Gasteiger partial charge in [0.2, 0.25) is 16.7 Å². The molecule has 3 atom stereocenters. The molecule has 4 N–H and O–H groups in total. The average molecular weight is 719 g/mol. The molecule has 2 aromatic carbocycles. The molecular weight excluding hydrogens is 689 g/mol. The number of benzene rings is 2. The predicted octanol–water partition coefficient (Wildman–Crippen LogP) is 2.93. The number of esters is 1. The number of rotatable bonds is 13. The number of aromatic nitrogens is 6. The number of hydrogen-bond acceptors (Lipinski definition) is 15. The Morgan fingerprint density at radius 2 is 1.86 bits per heavy atom. The molecular formula is C31H30N10O5S3. The van der Waals surface area contributed by atoms with Gasteiger partial charge in [-0.2, -0.15) is 14.6 Å². The minimum absolute atomic E-state index is 0.00218. The summed E-state index contributed by atoms with van der Waals surface area (Å²) in [5, 5.41) is 20.5. The molecule has 1 unspecified atom stereocenters. The van der Waals surface area contributed by atoms with Crippen molar-refractivity contribution >= 4 is 63.7 Å². The number of amides is 2. The quantitative estimate of drug-likeness (QED) is 0.0599. The van der Waals surface area contributed by atoms with Gasteiger partial charge in [-0.3, -0.25) is 14.5 Å². The summed E-state index contributed by atoms with van der Waals surface area (Å²) in [6.07, 6.45) is 1.33. The summed E-state index contributed by atoms with van der Waals surface area (Å²) in [4.78, 5) is 52.7. The number of β-lactam (4-membered cyclic amide) rings is 1. The number of carbonyl (C=O) groups is 3. The van der Waals surface area contributed by atoms with Gasteiger partial charge in [-0.15, -0.1) is 22.0 Å².